The fraction of sp³-hybridized carbons (Fsp3) is 0. The Morgan fingerprint density at radius 2 is 0.333 bits per heavy atom. The standard InChI is InChI=1S/2C18H15P.Au.3BrH/c2*1-4-10-16(11-5-1)19(17-12-6-2-7-13-17)18-14-8-3-9-15-18;;;;/h2*1-15H;;3*1H/q;;+3;;;/p-3. The van der Waals surface area contributed by atoms with E-state index in [4.69, 9.17) is 0 Å². The van der Waals surface area contributed by atoms with Gasteiger partial charge in [0.15, 0.2) is 0 Å². The van der Waals surface area contributed by atoms with Gasteiger partial charge in [-0.05, 0) is 47.7 Å². The third kappa shape index (κ3) is 10.8. The molecule has 0 radical (unpaired) electrons. The Morgan fingerprint density at radius 3 is 0.452 bits per heavy atom. The van der Waals surface area contributed by atoms with Crippen LogP contribution < -0.4 is 82.8 Å². The van der Waals surface area contributed by atoms with Crippen LogP contribution in [0.1, 0.15) is 0 Å². The maximum atomic E-state index is 2.23. The molecule has 0 unspecified atom stereocenters. The Bertz CT molecular complexity index is 1190. The SMILES string of the molecule is [Au+3].[Br-].[Br-].[Br-].c1ccc(P(c2ccccc2)c2ccccc2)cc1.c1ccc(P(c2ccccc2)c2ccccc2)cc1. The van der Waals surface area contributed by atoms with Gasteiger partial charge in [-0.25, -0.2) is 0 Å². The van der Waals surface area contributed by atoms with E-state index in [1.54, 1.807) is 0 Å². The van der Waals surface area contributed by atoms with Crippen LogP contribution in [-0.4, -0.2) is 0 Å². The van der Waals surface area contributed by atoms with Crippen molar-refractivity contribution in [3.8, 4) is 0 Å². The molecule has 216 valence electrons. The van der Waals surface area contributed by atoms with Crippen molar-refractivity contribution in [2.24, 2.45) is 0 Å². The topological polar surface area (TPSA) is 0 Å². The van der Waals surface area contributed by atoms with E-state index < -0.39 is 15.8 Å². The van der Waals surface area contributed by atoms with E-state index in [9.17, 15) is 0 Å². The van der Waals surface area contributed by atoms with Gasteiger partial charge >= 0.3 is 22.4 Å². The van der Waals surface area contributed by atoms with Crippen LogP contribution in [0.25, 0.3) is 0 Å². The molecular formula is C36H30AuBr3P2. The average molecular weight is 961 g/mol. The minimum absolute atomic E-state index is 0. The summed E-state index contributed by atoms with van der Waals surface area (Å²) < 4.78 is 0. The summed E-state index contributed by atoms with van der Waals surface area (Å²) in [5, 5.41) is 8.39. The summed E-state index contributed by atoms with van der Waals surface area (Å²) in [5.74, 6) is 0. The predicted molar refractivity (Wildman–Crippen MR) is 170 cm³/mol. The zero-order valence-corrected chi connectivity index (χ0v) is 31.4. The third-order valence-corrected chi connectivity index (χ3v) is 11.0. The summed E-state index contributed by atoms with van der Waals surface area (Å²) in [6, 6.07) is 64.7. The van der Waals surface area contributed by atoms with Crippen LogP contribution in [0.5, 0.6) is 0 Å². The molecule has 6 rings (SSSR count). The van der Waals surface area contributed by atoms with Crippen LogP contribution in [0.2, 0.25) is 0 Å². The smallest absolute Gasteiger partial charge is 1.00 e. The maximum absolute atomic E-state index is 2.23. The Morgan fingerprint density at radius 1 is 0.214 bits per heavy atom. The molecule has 6 aromatic rings. The van der Waals surface area contributed by atoms with Gasteiger partial charge in [-0.2, -0.15) is 0 Å². The van der Waals surface area contributed by atoms with Gasteiger partial charge in [0, 0.05) is 0 Å². The van der Waals surface area contributed by atoms with Gasteiger partial charge in [0.1, 0.15) is 0 Å². The van der Waals surface area contributed by atoms with Crippen LogP contribution in [0.15, 0.2) is 182 Å². The van der Waals surface area contributed by atoms with Crippen LogP contribution in [-0.2, 0) is 22.4 Å². The fourth-order valence-electron chi connectivity index (χ4n) is 4.36. The van der Waals surface area contributed by atoms with E-state index in [-0.39, 0.29) is 73.3 Å². The van der Waals surface area contributed by atoms with Crippen LogP contribution in [0.3, 0.4) is 0 Å². The first kappa shape index (κ1) is 38.4. The molecule has 0 aliphatic carbocycles. The molecule has 0 aliphatic heterocycles. The van der Waals surface area contributed by atoms with Crippen molar-refractivity contribution < 1.29 is 73.3 Å². The van der Waals surface area contributed by atoms with Crippen molar-refractivity contribution in [3.05, 3.63) is 182 Å². The van der Waals surface area contributed by atoms with Gasteiger partial charge in [-0.15, -0.1) is 0 Å². The molecule has 0 saturated carbocycles. The van der Waals surface area contributed by atoms with E-state index >= 15 is 0 Å². The second-order valence-corrected chi connectivity index (χ2v) is 13.1. The third-order valence-electron chi connectivity index (χ3n) is 6.09. The van der Waals surface area contributed by atoms with E-state index in [1.807, 2.05) is 0 Å². The van der Waals surface area contributed by atoms with E-state index in [2.05, 4.69) is 182 Å². The first-order chi connectivity index (χ1) is 18.9. The molecular weight excluding hydrogens is 931 g/mol. The summed E-state index contributed by atoms with van der Waals surface area (Å²) in [7, 11) is -0.892. The molecule has 6 heteroatoms. The zero-order valence-electron chi connectivity index (χ0n) is 22.7. The van der Waals surface area contributed by atoms with Crippen molar-refractivity contribution in [3.63, 3.8) is 0 Å². The average Bonchev–Trinajstić information content (AvgIpc) is 3.01. The molecule has 0 nitrogen and oxygen atoms in total. The fourth-order valence-corrected chi connectivity index (χ4v) is 8.97. The number of rotatable bonds is 6. The minimum Gasteiger partial charge on any atom is -1.00 e. The second kappa shape index (κ2) is 21.1. The molecule has 0 bridgehead atoms. The minimum atomic E-state index is -0.446. The van der Waals surface area contributed by atoms with Crippen molar-refractivity contribution in [1.29, 1.82) is 0 Å². The summed E-state index contributed by atoms with van der Waals surface area (Å²) in [6.45, 7) is 0. The second-order valence-electron chi connectivity index (χ2n) is 8.68. The molecule has 0 fully saturated rings. The maximum Gasteiger partial charge on any atom is 3.00 e. The first-order valence-corrected chi connectivity index (χ1v) is 15.5. The summed E-state index contributed by atoms with van der Waals surface area (Å²) in [5.41, 5.74) is 0. The van der Waals surface area contributed by atoms with Gasteiger partial charge < -0.3 is 50.9 Å². The summed E-state index contributed by atoms with van der Waals surface area (Å²) in [4.78, 5) is 0. The van der Waals surface area contributed by atoms with Crippen LogP contribution in [0.4, 0.5) is 0 Å². The van der Waals surface area contributed by atoms with E-state index in [0.717, 1.165) is 0 Å². The summed E-state index contributed by atoms with van der Waals surface area (Å²) >= 11 is 0. The molecule has 0 amide bonds. The Labute approximate surface area is 300 Å². The van der Waals surface area contributed by atoms with E-state index in [0.29, 0.717) is 0 Å². The Kier molecular flexibility index (Phi) is 19.3. The van der Waals surface area contributed by atoms with Gasteiger partial charge in [0.05, 0.1) is 0 Å². The van der Waals surface area contributed by atoms with Crippen molar-refractivity contribution in [1.82, 2.24) is 0 Å². The number of halogens is 3. The van der Waals surface area contributed by atoms with Crippen LogP contribution in [0, 0.1) is 0 Å². The van der Waals surface area contributed by atoms with Gasteiger partial charge in [0.25, 0.3) is 0 Å². The molecule has 42 heavy (non-hydrogen) atoms. The van der Waals surface area contributed by atoms with E-state index in [1.165, 1.54) is 31.8 Å². The molecule has 0 saturated heterocycles. The molecule has 0 N–H and O–H groups in total. The van der Waals surface area contributed by atoms with Crippen molar-refractivity contribution in [2.75, 3.05) is 0 Å². The monoisotopic (exact) mass is 958 g/mol. The van der Waals surface area contributed by atoms with Gasteiger partial charge in [-0.3, -0.25) is 0 Å². The molecule has 6 aromatic carbocycles. The molecule has 0 atom stereocenters. The zero-order chi connectivity index (χ0) is 25.8. The van der Waals surface area contributed by atoms with Gasteiger partial charge in [0.2, 0.25) is 0 Å². The normalized spacial score (nSPS) is 9.57. The van der Waals surface area contributed by atoms with Crippen molar-refractivity contribution in [2.45, 2.75) is 0 Å². The first-order valence-electron chi connectivity index (χ1n) is 12.8. The number of benzene rings is 6. The largest absolute Gasteiger partial charge is 3.00 e. The Hall–Kier alpha value is -1.64. The Balaban J connectivity index is 0.000000383. The quantitative estimate of drug-likeness (QED) is 0.133. The molecule has 0 heterocycles. The predicted octanol–water partition coefficient (Wildman–Crippen LogP) is -2.10. The summed E-state index contributed by atoms with van der Waals surface area (Å²) in [6.07, 6.45) is 0. The van der Waals surface area contributed by atoms with Gasteiger partial charge in [-0.1, -0.05) is 182 Å². The molecule has 0 aliphatic rings. The van der Waals surface area contributed by atoms with Crippen molar-refractivity contribution >= 4 is 47.7 Å². The molecule has 0 spiro atoms. The number of hydrogen-bond acceptors (Lipinski definition) is 0. The number of hydrogen-bond donors (Lipinski definition) is 0. The van der Waals surface area contributed by atoms with Crippen LogP contribution >= 0.6 is 15.8 Å². The molecule has 0 aromatic heterocycles.